The quantitative estimate of drug-likeness (QED) is 0.182. The number of nitrogens with zero attached hydrogens (tertiary/aromatic N) is 3. The van der Waals surface area contributed by atoms with Crippen LogP contribution < -0.4 is 5.32 Å². The van der Waals surface area contributed by atoms with Crippen LogP contribution in [-0.2, 0) is 11.3 Å². The zero-order chi connectivity index (χ0) is 18.9. The smallest absolute Gasteiger partial charge is 0.193 e. The number of halogens is 1. The van der Waals surface area contributed by atoms with Crippen molar-refractivity contribution in [2.45, 2.75) is 31.4 Å². The summed E-state index contributed by atoms with van der Waals surface area (Å²) in [5.74, 6) is 1.87. The zero-order valence-electron chi connectivity index (χ0n) is 16.6. The molecule has 5 nitrogen and oxygen atoms in total. The number of ether oxygens (including phenoxy) is 1. The van der Waals surface area contributed by atoms with Crippen molar-refractivity contribution in [3.8, 4) is 0 Å². The minimum absolute atomic E-state index is 0. The fourth-order valence-electron chi connectivity index (χ4n) is 2.35. The van der Waals surface area contributed by atoms with Gasteiger partial charge in [0.2, 0.25) is 0 Å². The molecule has 0 spiro atoms. The molecule has 1 heterocycles. The zero-order valence-corrected chi connectivity index (χ0v) is 20.5. The van der Waals surface area contributed by atoms with E-state index in [0.29, 0.717) is 0 Å². The lowest BCUT2D eigenvalue weighted by Gasteiger charge is -2.21. The van der Waals surface area contributed by atoms with Crippen LogP contribution in [0.2, 0.25) is 0 Å². The molecule has 150 valence electrons. The van der Waals surface area contributed by atoms with Crippen LogP contribution in [0.4, 0.5) is 0 Å². The molecular formula is C19H29IN4OS2. The largest absolute Gasteiger partial charge is 0.375 e. The van der Waals surface area contributed by atoms with Crippen LogP contribution in [-0.4, -0.2) is 49.3 Å². The summed E-state index contributed by atoms with van der Waals surface area (Å²) in [4.78, 5) is 12.4. The van der Waals surface area contributed by atoms with Crippen molar-refractivity contribution < 1.29 is 4.74 Å². The van der Waals surface area contributed by atoms with E-state index in [1.54, 1.807) is 18.4 Å². The SMILES string of the molecule is CN=C(NCCSc1ccc(C)cc1)N(C)Cc1csc(C(C)OC)n1.I. The van der Waals surface area contributed by atoms with Gasteiger partial charge in [0.25, 0.3) is 0 Å². The average Bonchev–Trinajstić information content (AvgIpc) is 3.11. The Hall–Kier alpha value is -0.840. The van der Waals surface area contributed by atoms with Crippen LogP contribution >= 0.6 is 47.1 Å². The average molecular weight is 521 g/mol. The molecule has 0 aliphatic rings. The molecule has 0 saturated heterocycles. The van der Waals surface area contributed by atoms with Gasteiger partial charge in [-0.15, -0.1) is 47.1 Å². The molecule has 2 rings (SSSR count). The Bertz CT molecular complexity index is 706. The van der Waals surface area contributed by atoms with E-state index in [1.165, 1.54) is 10.5 Å². The molecule has 1 aromatic heterocycles. The van der Waals surface area contributed by atoms with E-state index in [1.807, 2.05) is 32.8 Å². The maximum atomic E-state index is 5.33. The molecule has 0 radical (unpaired) electrons. The molecule has 1 N–H and O–H groups in total. The number of hydrogen-bond donors (Lipinski definition) is 1. The van der Waals surface area contributed by atoms with Gasteiger partial charge in [-0.2, -0.15) is 0 Å². The van der Waals surface area contributed by atoms with Gasteiger partial charge in [-0.05, 0) is 26.0 Å². The van der Waals surface area contributed by atoms with Gasteiger partial charge in [-0.1, -0.05) is 17.7 Å². The summed E-state index contributed by atoms with van der Waals surface area (Å²) in [7, 11) is 5.55. The maximum Gasteiger partial charge on any atom is 0.193 e. The third-order valence-electron chi connectivity index (χ3n) is 3.92. The minimum Gasteiger partial charge on any atom is -0.375 e. The molecule has 0 fully saturated rings. The van der Waals surface area contributed by atoms with Gasteiger partial charge in [0.05, 0.1) is 12.2 Å². The van der Waals surface area contributed by atoms with E-state index in [-0.39, 0.29) is 30.1 Å². The number of nitrogens with one attached hydrogen (secondary N) is 1. The molecule has 0 bridgehead atoms. The fourth-order valence-corrected chi connectivity index (χ4v) is 3.96. The predicted octanol–water partition coefficient (Wildman–Crippen LogP) is 4.58. The molecule has 27 heavy (non-hydrogen) atoms. The van der Waals surface area contributed by atoms with E-state index < -0.39 is 0 Å². The van der Waals surface area contributed by atoms with Crippen molar-refractivity contribution in [1.29, 1.82) is 0 Å². The first-order valence-electron chi connectivity index (χ1n) is 8.61. The third kappa shape index (κ3) is 7.97. The van der Waals surface area contributed by atoms with E-state index in [4.69, 9.17) is 4.74 Å². The molecule has 0 amide bonds. The van der Waals surface area contributed by atoms with Gasteiger partial charge in [0.15, 0.2) is 5.96 Å². The molecule has 2 aromatic rings. The second-order valence-electron chi connectivity index (χ2n) is 6.05. The highest BCUT2D eigenvalue weighted by Gasteiger charge is 2.12. The molecule has 1 atom stereocenters. The monoisotopic (exact) mass is 520 g/mol. The fraction of sp³-hybridized carbons (Fsp3) is 0.474. The van der Waals surface area contributed by atoms with Crippen LogP contribution in [0.1, 0.15) is 29.3 Å². The highest BCUT2D eigenvalue weighted by Crippen LogP contribution is 2.21. The van der Waals surface area contributed by atoms with Crippen LogP contribution in [0.5, 0.6) is 0 Å². The van der Waals surface area contributed by atoms with Crippen LogP contribution in [0.3, 0.4) is 0 Å². The van der Waals surface area contributed by atoms with Crippen molar-refractivity contribution in [3.63, 3.8) is 0 Å². The number of benzene rings is 1. The number of thiazole rings is 1. The number of hydrogen-bond acceptors (Lipinski definition) is 5. The number of guanidine groups is 1. The molecule has 0 aliphatic heterocycles. The second kappa shape index (κ2) is 12.6. The molecule has 8 heteroatoms. The highest BCUT2D eigenvalue weighted by molar-refractivity contribution is 14.0. The summed E-state index contributed by atoms with van der Waals surface area (Å²) in [6, 6.07) is 8.63. The third-order valence-corrected chi connectivity index (χ3v) is 5.99. The number of aryl methyl sites for hydroxylation is 1. The lowest BCUT2D eigenvalue weighted by Crippen LogP contribution is -2.39. The number of thioether (sulfide) groups is 1. The topological polar surface area (TPSA) is 49.8 Å². The van der Waals surface area contributed by atoms with E-state index in [9.17, 15) is 0 Å². The van der Waals surface area contributed by atoms with Crippen molar-refractivity contribution in [2.75, 3.05) is 33.5 Å². The summed E-state index contributed by atoms with van der Waals surface area (Å²) in [5, 5.41) is 6.51. The minimum atomic E-state index is 0. The number of methoxy groups -OCH3 is 1. The van der Waals surface area contributed by atoms with Crippen molar-refractivity contribution in [1.82, 2.24) is 15.2 Å². The molecule has 0 aliphatic carbocycles. The second-order valence-corrected chi connectivity index (χ2v) is 8.10. The van der Waals surface area contributed by atoms with E-state index in [0.717, 1.165) is 35.5 Å². The summed E-state index contributed by atoms with van der Waals surface area (Å²) in [6.45, 7) is 5.70. The Morgan fingerprint density at radius 2 is 2.07 bits per heavy atom. The summed E-state index contributed by atoms with van der Waals surface area (Å²) in [5.41, 5.74) is 2.33. The lowest BCUT2D eigenvalue weighted by molar-refractivity contribution is 0.119. The molecule has 0 saturated carbocycles. The Labute approximate surface area is 188 Å². The molecule has 1 unspecified atom stereocenters. The first-order valence-corrected chi connectivity index (χ1v) is 10.5. The van der Waals surface area contributed by atoms with Gasteiger partial charge < -0.3 is 15.0 Å². The Morgan fingerprint density at radius 1 is 1.37 bits per heavy atom. The normalized spacial score (nSPS) is 12.4. The van der Waals surface area contributed by atoms with E-state index in [2.05, 4.69) is 56.8 Å². The Kier molecular flexibility index (Phi) is 11.3. The van der Waals surface area contributed by atoms with Crippen molar-refractivity contribution in [3.05, 3.63) is 45.9 Å². The van der Waals surface area contributed by atoms with Crippen molar-refractivity contribution >= 4 is 53.0 Å². The van der Waals surface area contributed by atoms with Crippen LogP contribution in [0, 0.1) is 6.92 Å². The van der Waals surface area contributed by atoms with E-state index >= 15 is 0 Å². The maximum absolute atomic E-state index is 5.33. The van der Waals surface area contributed by atoms with Gasteiger partial charge >= 0.3 is 0 Å². The van der Waals surface area contributed by atoms with Crippen LogP contribution in [0.25, 0.3) is 0 Å². The summed E-state index contributed by atoms with van der Waals surface area (Å²) < 4.78 is 5.33. The molecule has 1 aromatic carbocycles. The number of aromatic nitrogens is 1. The van der Waals surface area contributed by atoms with Crippen LogP contribution in [0.15, 0.2) is 39.5 Å². The number of rotatable bonds is 8. The highest BCUT2D eigenvalue weighted by atomic mass is 127. The Morgan fingerprint density at radius 3 is 2.70 bits per heavy atom. The van der Waals surface area contributed by atoms with Gasteiger partial charge in [-0.25, -0.2) is 4.98 Å². The number of aliphatic imine (C=N–C) groups is 1. The predicted molar refractivity (Wildman–Crippen MR) is 128 cm³/mol. The van der Waals surface area contributed by atoms with Gasteiger partial charge in [0.1, 0.15) is 11.1 Å². The standard InChI is InChI=1S/C19H28N4OS2.HI/c1-14-6-8-17(9-7-14)25-11-10-21-19(20-3)23(4)12-16-13-26-18(22-16)15(2)24-5;/h6-9,13,15H,10-12H2,1-5H3,(H,20,21);1H. The Balaban J connectivity index is 0.00000364. The van der Waals surface area contributed by atoms with Gasteiger partial charge in [0, 0.05) is 43.8 Å². The lowest BCUT2D eigenvalue weighted by atomic mass is 10.2. The molecular weight excluding hydrogens is 491 g/mol. The van der Waals surface area contributed by atoms with Gasteiger partial charge in [-0.3, -0.25) is 4.99 Å². The summed E-state index contributed by atoms with van der Waals surface area (Å²) >= 11 is 3.48. The van der Waals surface area contributed by atoms with Crippen molar-refractivity contribution in [2.24, 2.45) is 4.99 Å². The first kappa shape index (κ1) is 24.2. The first-order chi connectivity index (χ1) is 12.5. The summed E-state index contributed by atoms with van der Waals surface area (Å²) in [6.07, 6.45) is 0.0373.